The van der Waals surface area contributed by atoms with Crippen LogP contribution in [0.4, 0.5) is 17.1 Å². The highest BCUT2D eigenvalue weighted by Crippen LogP contribution is 2.33. The van der Waals surface area contributed by atoms with E-state index in [2.05, 4.69) is 21.6 Å². The van der Waals surface area contributed by atoms with E-state index in [0.717, 1.165) is 46.3 Å². The molecule has 6 nitrogen and oxygen atoms in total. The van der Waals surface area contributed by atoms with Gasteiger partial charge in [-0.1, -0.05) is 41.4 Å². The quantitative estimate of drug-likeness (QED) is 0.367. The second kappa shape index (κ2) is 11.8. The molecule has 0 atom stereocenters. The molecular weight excluding hydrogens is 462 g/mol. The van der Waals surface area contributed by atoms with Crippen molar-refractivity contribution in [3.63, 3.8) is 0 Å². The number of nitrogens with zero attached hydrogens (tertiary/aromatic N) is 1. The van der Waals surface area contributed by atoms with Gasteiger partial charge < -0.3 is 25.0 Å². The molecule has 0 saturated carbocycles. The first kappa shape index (κ1) is 24.7. The van der Waals surface area contributed by atoms with Gasteiger partial charge in [-0.25, -0.2) is 0 Å². The molecule has 4 rings (SSSR count). The van der Waals surface area contributed by atoms with E-state index in [1.54, 1.807) is 7.11 Å². The zero-order valence-corrected chi connectivity index (χ0v) is 21.0. The van der Waals surface area contributed by atoms with Crippen LogP contribution in [0.5, 0.6) is 11.5 Å². The highest BCUT2D eigenvalue weighted by molar-refractivity contribution is 6.33. The summed E-state index contributed by atoms with van der Waals surface area (Å²) in [5.74, 6) is 0.877. The molecule has 35 heavy (non-hydrogen) atoms. The summed E-state index contributed by atoms with van der Waals surface area (Å²) in [6.07, 6.45) is 3.70. The Hall–Kier alpha value is -3.38. The van der Waals surface area contributed by atoms with E-state index in [-0.39, 0.29) is 12.5 Å². The van der Waals surface area contributed by atoms with Crippen LogP contribution in [0.15, 0.2) is 60.7 Å². The summed E-state index contributed by atoms with van der Waals surface area (Å²) in [5.41, 5.74) is 4.75. The van der Waals surface area contributed by atoms with E-state index in [4.69, 9.17) is 21.1 Å². The molecule has 0 aromatic heterocycles. The van der Waals surface area contributed by atoms with Crippen molar-refractivity contribution in [2.45, 2.75) is 32.7 Å². The van der Waals surface area contributed by atoms with Crippen molar-refractivity contribution in [2.75, 3.05) is 42.3 Å². The number of hydrogen-bond donors (Lipinski definition) is 2. The summed E-state index contributed by atoms with van der Waals surface area (Å²) in [5, 5.41) is 7.01. The fraction of sp³-hybridized carbons (Fsp3) is 0.321. The number of rotatable bonds is 9. The van der Waals surface area contributed by atoms with Gasteiger partial charge in [0, 0.05) is 36.6 Å². The average molecular weight is 494 g/mol. The lowest BCUT2D eigenvalue weighted by Gasteiger charge is -2.29. The maximum absolute atomic E-state index is 12.4. The molecule has 1 saturated heterocycles. The number of carbonyl (C=O) groups excluding carboxylic acids is 1. The molecule has 0 spiro atoms. The van der Waals surface area contributed by atoms with E-state index < -0.39 is 0 Å². The molecule has 1 heterocycles. The highest BCUT2D eigenvalue weighted by Gasteiger charge is 2.16. The zero-order chi connectivity index (χ0) is 24.6. The van der Waals surface area contributed by atoms with Gasteiger partial charge in [0.25, 0.3) is 5.91 Å². The summed E-state index contributed by atoms with van der Waals surface area (Å²) < 4.78 is 11.4. The van der Waals surface area contributed by atoms with Crippen molar-refractivity contribution in [1.82, 2.24) is 0 Å². The van der Waals surface area contributed by atoms with Gasteiger partial charge in [-0.3, -0.25) is 4.79 Å². The van der Waals surface area contributed by atoms with Crippen molar-refractivity contribution in [3.8, 4) is 11.5 Å². The second-order valence-electron chi connectivity index (χ2n) is 8.72. The molecular formula is C28H32ClN3O3. The molecule has 0 bridgehead atoms. The summed E-state index contributed by atoms with van der Waals surface area (Å²) in [7, 11) is 1.59. The number of hydrogen-bond acceptors (Lipinski definition) is 5. The number of para-hydroxylation sites is 1. The highest BCUT2D eigenvalue weighted by atomic mass is 35.5. The second-order valence-corrected chi connectivity index (χ2v) is 9.13. The maximum Gasteiger partial charge on any atom is 0.262 e. The summed E-state index contributed by atoms with van der Waals surface area (Å²) >= 11 is 6.61. The van der Waals surface area contributed by atoms with Gasteiger partial charge in [0.2, 0.25) is 0 Å². The Labute approximate surface area is 212 Å². The Bertz CT molecular complexity index is 1140. The summed E-state index contributed by atoms with van der Waals surface area (Å²) in [6.45, 7) is 4.47. The molecule has 1 aliphatic heterocycles. The fourth-order valence-corrected chi connectivity index (χ4v) is 4.50. The summed E-state index contributed by atoms with van der Waals surface area (Å²) in [4.78, 5) is 14.8. The standard InChI is InChI=1S/C28H32ClN3O3/c1-20-9-11-22(12-10-20)31-27(33)19-35-28-21(7-6-8-26(28)34-2)18-30-23-13-14-25(24(29)17-23)32-15-4-3-5-16-32/h6-14,17,30H,3-5,15-16,18-19H2,1-2H3,(H,31,33). The molecule has 1 amide bonds. The van der Waals surface area contributed by atoms with Crippen molar-refractivity contribution in [3.05, 3.63) is 76.8 Å². The molecule has 2 N–H and O–H groups in total. The Balaban J connectivity index is 1.40. The molecule has 7 heteroatoms. The van der Waals surface area contributed by atoms with Gasteiger partial charge in [0.05, 0.1) is 17.8 Å². The first-order valence-corrected chi connectivity index (χ1v) is 12.3. The molecule has 1 fully saturated rings. The van der Waals surface area contributed by atoms with Gasteiger partial charge in [0.15, 0.2) is 18.1 Å². The predicted molar refractivity (Wildman–Crippen MR) is 143 cm³/mol. The topological polar surface area (TPSA) is 62.8 Å². The van der Waals surface area contributed by atoms with E-state index >= 15 is 0 Å². The first-order chi connectivity index (χ1) is 17.0. The van der Waals surface area contributed by atoms with E-state index in [9.17, 15) is 4.79 Å². The maximum atomic E-state index is 12.4. The number of carbonyl (C=O) groups is 1. The number of halogens is 1. The zero-order valence-electron chi connectivity index (χ0n) is 20.3. The lowest BCUT2D eigenvalue weighted by molar-refractivity contribution is -0.118. The Morgan fingerprint density at radius 1 is 1.00 bits per heavy atom. The van der Waals surface area contributed by atoms with Crippen molar-refractivity contribution >= 4 is 34.6 Å². The van der Waals surface area contributed by atoms with Gasteiger partial charge in [-0.15, -0.1) is 0 Å². The number of piperidine rings is 1. The van der Waals surface area contributed by atoms with Crippen molar-refractivity contribution < 1.29 is 14.3 Å². The number of ether oxygens (including phenoxy) is 2. The molecule has 3 aromatic rings. The summed E-state index contributed by atoms with van der Waals surface area (Å²) in [6, 6.07) is 19.4. The minimum Gasteiger partial charge on any atom is -0.493 e. The Morgan fingerprint density at radius 3 is 2.46 bits per heavy atom. The minimum absolute atomic E-state index is 0.127. The third-order valence-electron chi connectivity index (χ3n) is 6.09. The lowest BCUT2D eigenvalue weighted by Crippen LogP contribution is -2.29. The molecule has 184 valence electrons. The molecule has 0 unspecified atom stereocenters. The Morgan fingerprint density at radius 2 is 1.74 bits per heavy atom. The van der Waals surface area contributed by atoms with E-state index in [1.807, 2.05) is 61.5 Å². The molecule has 3 aromatic carbocycles. The molecule has 0 aliphatic carbocycles. The Kier molecular flexibility index (Phi) is 8.37. The van der Waals surface area contributed by atoms with E-state index in [0.29, 0.717) is 18.0 Å². The van der Waals surface area contributed by atoms with Gasteiger partial charge >= 0.3 is 0 Å². The minimum atomic E-state index is -0.237. The van der Waals surface area contributed by atoms with Crippen molar-refractivity contribution in [1.29, 1.82) is 0 Å². The van der Waals surface area contributed by atoms with Crippen LogP contribution in [0.25, 0.3) is 0 Å². The molecule has 1 aliphatic rings. The predicted octanol–water partition coefficient (Wildman–Crippen LogP) is 6.28. The van der Waals surface area contributed by atoms with Crippen LogP contribution in [-0.4, -0.2) is 32.7 Å². The SMILES string of the molecule is COc1cccc(CNc2ccc(N3CCCCC3)c(Cl)c2)c1OCC(=O)Nc1ccc(C)cc1. The first-order valence-electron chi connectivity index (χ1n) is 12.0. The number of anilines is 3. The third kappa shape index (κ3) is 6.61. The lowest BCUT2D eigenvalue weighted by atomic mass is 10.1. The van der Waals surface area contributed by atoms with Crippen LogP contribution in [0.1, 0.15) is 30.4 Å². The number of aryl methyl sites for hydroxylation is 1. The van der Waals surface area contributed by atoms with Crippen LogP contribution in [0.2, 0.25) is 5.02 Å². The number of amides is 1. The van der Waals surface area contributed by atoms with Crippen LogP contribution in [0, 0.1) is 6.92 Å². The number of benzene rings is 3. The van der Waals surface area contributed by atoms with Gasteiger partial charge in [0.1, 0.15) is 0 Å². The average Bonchev–Trinajstić information content (AvgIpc) is 2.88. The number of methoxy groups -OCH3 is 1. The normalized spacial score (nSPS) is 13.3. The van der Waals surface area contributed by atoms with Crippen molar-refractivity contribution in [2.24, 2.45) is 0 Å². The van der Waals surface area contributed by atoms with Gasteiger partial charge in [-0.2, -0.15) is 0 Å². The third-order valence-corrected chi connectivity index (χ3v) is 6.39. The smallest absolute Gasteiger partial charge is 0.262 e. The van der Waals surface area contributed by atoms with Crippen LogP contribution >= 0.6 is 11.6 Å². The fourth-order valence-electron chi connectivity index (χ4n) is 4.20. The van der Waals surface area contributed by atoms with Crippen LogP contribution < -0.4 is 25.0 Å². The monoisotopic (exact) mass is 493 g/mol. The number of nitrogens with one attached hydrogen (secondary N) is 2. The largest absolute Gasteiger partial charge is 0.493 e. The van der Waals surface area contributed by atoms with E-state index in [1.165, 1.54) is 19.3 Å². The molecule has 0 radical (unpaired) electrons. The van der Waals surface area contributed by atoms with Crippen LogP contribution in [-0.2, 0) is 11.3 Å². The van der Waals surface area contributed by atoms with Gasteiger partial charge in [-0.05, 0) is 62.6 Å². The van der Waals surface area contributed by atoms with Crippen LogP contribution in [0.3, 0.4) is 0 Å².